The summed E-state index contributed by atoms with van der Waals surface area (Å²) in [6.45, 7) is 3.46. The third kappa shape index (κ3) is 173. The van der Waals surface area contributed by atoms with Crippen LogP contribution in [0, 0.1) is 0 Å². The Morgan fingerprint density at radius 3 is 1.11 bits per heavy atom. The molecule has 0 unspecified atom stereocenters. The van der Waals surface area contributed by atoms with Crippen LogP contribution >= 0.6 is 55.4 Å². The van der Waals surface area contributed by atoms with Crippen LogP contribution in [0.5, 0.6) is 0 Å². The van der Waals surface area contributed by atoms with E-state index in [2.05, 4.69) is 0 Å². The summed E-state index contributed by atoms with van der Waals surface area (Å²) >= 11 is 26.0. The van der Waals surface area contributed by atoms with E-state index in [0.29, 0.717) is 0 Å². The van der Waals surface area contributed by atoms with Gasteiger partial charge in [-0.3, -0.25) is 0 Å². The number of hydrogen-bond acceptors (Lipinski definition) is 0. The van der Waals surface area contributed by atoms with Crippen LogP contribution in [0.4, 0.5) is 0 Å². The summed E-state index contributed by atoms with van der Waals surface area (Å²) < 4.78 is 0. The molecule has 0 spiro atoms. The highest BCUT2D eigenvalue weighted by atomic mass is 35.8. The first-order valence-electron chi connectivity index (χ1n) is 2.08. The fourth-order valence-corrected chi connectivity index (χ4v) is 0. The Balaban J connectivity index is 0. The van der Waals surface area contributed by atoms with E-state index in [-0.39, 0.29) is 0 Å². The van der Waals surface area contributed by atoms with Gasteiger partial charge in [0.25, 0.3) is 0 Å². The van der Waals surface area contributed by atoms with Crippen molar-refractivity contribution in [1.29, 1.82) is 0 Å². The highest BCUT2D eigenvalue weighted by molar-refractivity contribution is 7.64. The van der Waals surface area contributed by atoms with Gasteiger partial charge in [-0.1, -0.05) is 0 Å². The molecule has 0 aromatic heterocycles. The number of rotatable bonds is 0. The van der Waals surface area contributed by atoms with Crippen molar-refractivity contribution < 1.29 is 0 Å². The number of halogens is 5. The quantitative estimate of drug-likeness (QED) is 0.463. The first kappa shape index (κ1) is 13.5. The van der Waals surface area contributed by atoms with E-state index in [9.17, 15) is 0 Å². The second kappa shape index (κ2) is 6.59. The molecule has 0 fully saturated rings. The molecule has 0 aromatic carbocycles. The van der Waals surface area contributed by atoms with Crippen molar-refractivity contribution in [3.63, 3.8) is 0 Å². The molecule has 0 radical (unpaired) electrons. The van der Waals surface area contributed by atoms with Gasteiger partial charge in [0.1, 0.15) is 0 Å². The minimum atomic E-state index is -2.19. The topological polar surface area (TPSA) is 0 Å². The third-order valence-corrected chi connectivity index (χ3v) is 0. The zero-order valence-electron chi connectivity index (χ0n) is 4.97. The highest BCUT2D eigenvalue weighted by Crippen LogP contribution is 2.17. The molecule has 7 heteroatoms. The molecular weight excluding hydrogens is 257 g/mol. The van der Waals surface area contributed by atoms with Crippen molar-refractivity contribution in [2.45, 2.75) is 13.1 Å². The standard InChI is InChI=1S/CH3Cl3Si.CH4Cl2Si/c1-5(2,3)4;1-4(2)3/h1H3;4H,1H3. The molecule has 9 heavy (non-hydrogen) atoms. The monoisotopic (exact) mass is 262 g/mol. The van der Waals surface area contributed by atoms with E-state index >= 15 is 0 Å². The predicted octanol–water partition coefficient (Wildman–Crippen LogP) is 3.59. The van der Waals surface area contributed by atoms with Gasteiger partial charge in [0.15, 0.2) is 0 Å². The van der Waals surface area contributed by atoms with Crippen molar-refractivity contribution in [2.75, 3.05) is 0 Å². The molecule has 0 aliphatic heterocycles. The molecule has 0 nitrogen and oxygen atoms in total. The molecule has 0 bridgehead atoms. The Bertz CT molecular complexity index is 49.7. The van der Waals surface area contributed by atoms with Gasteiger partial charge >= 0.3 is 6.00 Å². The Labute approximate surface area is 81.5 Å². The molecule has 58 valence electrons. The van der Waals surface area contributed by atoms with Gasteiger partial charge in [0, 0.05) is 0 Å². The molecule has 0 rings (SSSR count). The Morgan fingerprint density at radius 1 is 1.11 bits per heavy atom. The lowest BCUT2D eigenvalue weighted by atomic mass is 11.9. The van der Waals surface area contributed by atoms with Gasteiger partial charge in [-0.2, -0.15) is 22.2 Å². The van der Waals surface area contributed by atoms with Crippen molar-refractivity contribution >= 4 is 68.8 Å². The van der Waals surface area contributed by atoms with E-state index in [4.69, 9.17) is 55.4 Å². The minimum Gasteiger partial charge on any atom is -0.151 e. The number of hydrogen-bond donors (Lipinski definition) is 0. The van der Waals surface area contributed by atoms with Crippen LogP contribution in [0.3, 0.4) is 0 Å². The summed E-state index contributed by atoms with van der Waals surface area (Å²) in [5.74, 6) is 0. The normalized spacial score (nSPS) is 10.7. The largest absolute Gasteiger partial charge is 0.338 e. The molecule has 0 amide bonds. The summed E-state index contributed by atoms with van der Waals surface area (Å²) in [5, 5.41) is 0. The Morgan fingerprint density at radius 2 is 1.11 bits per heavy atom. The maximum atomic E-state index is 5.20. The SMILES string of the molecule is C[SiH](Cl)Cl.C[Si](Cl)(Cl)Cl. The van der Waals surface area contributed by atoms with E-state index < -0.39 is 13.4 Å². The van der Waals surface area contributed by atoms with Gasteiger partial charge in [-0.05, 0) is 13.1 Å². The average molecular weight is 265 g/mol. The molecule has 0 saturated heterocycles. The first-order valence-corrected chi connectivity index (χ1v) is 12.3. The lowest BCUT2D eigenvalue weighted by molar-refractivity contribution is 2.31. The summed E-state index contributed by atoms with van der Waals surface area (Å²) in [6.07, 6.45) is 0. The van der Waals surface area contributed by atoms with Gasteiger partial charge in [-0.25, -0.2) is 0 Å². The van der Waals surface area contributed by atoms with E-state index in [1.165, 1.54) is 0 Å². The maximum absolute atomic E-state index is 5.20. The van der Waals surface area contributed by atoms with Crippen LogP contribution in [0.2, 0.25) is 13.1 Å². The van der Waals surface area contributed by atoms with Crippen LogP contribution in [-0.2, 0) is 0 Å². The van der Waals surface area contributed by atoms with Gasteiger partial charge < -0.3 is 0 Å². The molecule has 0 heterocycles. The summed E-state index contributed by atoms with van der Waals surface area (Å²) in [4.78, 5) is 0. The van der Waals surface area contributed by atoms with Crippen LogP contribution in [-0.4, -0.2) is 13.4 Å². The average Bonchev–Trinajstić information content (AvgIpc) is 1.19. The lowest BCUT2D eigenvalue weighted by Gasteiger charge is -1.89. The molecule has 0 aliphatic rings. The van der Waals surface area contributed by atoms with Crippen LogP contribution < -0.4 is 0 Å². The molecule has 0 aromatic rings. The van der Waals surface area contributed by atoms with E-state index in [0.717, 1.165) is 0 Å². The zero-order chi connectivity index (χ0) is 8.08. The Hall–Kier alpha value is 1.88. The first-order chi connectivity index (χ1) is 3.73. The molecule has 0 N–H and O–H groups in total. The van der Waals surface area contributed by atoms with Crippen LogP contribution in [0.15, 0.2) is 0 Å². The molecule has 0 aliphatic carbocycles. The van der Waals surface area contributed by atoms with Crippen LogP contribution in [0.1, 0.15) is 0 Å². The molecule has 0 atom stereocenters. The molecule has 0 saturated carbocycles. The minimum absolute atomic E-state index is 1.19. The summed E-state index contributed by atoms with van der Waals surface area (Å²) in [6, 6.07) is -2.19. The van der Waals surface area contributed by atoms with Gasteiger partial charge in [0.05, 0.1) is 0 Å². The molecular formula is C2H7Cl5Si2. The summed E-state index contributed by atoms with van der Waals surface area (Å²) in [5.41, 5.74) is 0. The van der Waals surface area contributed by atoms with E-state index in [1.807, 2.05) is 6.55 Å². The van der Waals surface area contributed by atoms with Crippen molar-refractivity contribution in [3.8, 4) is 0 Å². The second-order valence-corrected chi connectivity index (χ2v) is 17.0. The van der Waals surface area contributed by atoms with Gasteiger partial charge in [-0.15, -0.1) is 33.2 Å². The van der Waals surface area contributed by atoms with E-state index in [1.54, 1.807) is 6.55 Å². The maximum Gasteiger partial charge on any atom is 0.338 e. The lowest BCUT2D eigenvalue weighted by Crippen LogP contribution is -1.97. The van der Waals surface area contributed by atoms with Gasteiger partial charge in [0.2, 0.25) is 7.42 Å². The van der Waals surface area contributed by atoms with Crippen molar-refractivity contribution in [1.82, 2.24) is 0 Å². The highest BCUT2D eigenvalue weighted by Gasteiger charge is 2.13. The summed E-state index contributed by atoms with van der Waals surface area (Å²) in [7, 11) is -1.19. The van der Waals surface area contributed by atoms with Crippen LogP contribution in [0.25, 0.3) is 0 Å². The predicted molar refractivity (Wildman–Crippen MR) is 53.9 cm³/mol. The fourth-order valence-electron chi connectivity index (χ4n) is 0. The van der Waals surface area contributed by atoms with Crippen molar-refractivity contribution in [2.24, 2.45) is 0 Å². The van der Waals surface area contributed by atoms with Crippen molar-refractivity contribution in [3.05, 3.63) is 0 Å². The fraction of sp³-hybridized carbons (Fsp3) is 1.00. The third-order valence-electron chi connectivity index (χ3n) is 0. The smallest absolute Gasteiger partial charge is 0.151 e. The second-order valence-electron chi connectivity index (χ2n) is 1.30. The Kier molecular flexibility index (Phi) is 9.86. The zero-order valence-corrected chi connectivity index (χ0v) is 10.9.